The maximum Gasteiger partial charge on any atom is 0.101 e. The van der Waals surface area contributed by atoms with Gasteiger partial charge in [-0.25, -0.2) is 0 Å². The molecule has 0 radical (unpaired) electrons. The molecule has 2 aliphatic rings. The van der Waals surface area contributed by atoms with Gasteiger partial charge in [-0.05, 0) is 37.8 Å². The van der Waals surface area contributed by atoms with Gasteiger partial charge in [0, 0.05) is 27.4 Å². The van der Waals surface area contributed by atoms with Crippen molar-refractivity contribution in [1.82, 2.24) is 0 Å². The van der Waals surface area contributed by atoms with E-state index in [2.05, 4.69) is 5.32 Å². The van der Waals surface area contributed by atoms with Crippen LogP contribution in [-0.4, -0.2) is 6.04 Å². The minimum Gasteiger partial charge on any atom is -0.871 e. The van der Waals surface area contributed by atoms with E-state index in [1.807, 2.05) is 0 Å². The molecule has 1 aromatic rings. The summed E-state index contributed by atoms with van der Waals surface area (Å²) in [6.07, 6.45) is 5.44. The van der Waals surface area contributed by atoms with Gasteiger partial charge in [0.2, 0.25) is 0 Å². The standard InChI is InChI=1S/C14H17Cl2NO/c15-11-5-10(14(18)12(16)6-11)7-17-13(8-1-2-8)9-3-4-9/h5-6,8-9,13,17-18H,1-4,7H2. The summed E-state index contributed by atoms with van der Waals surface area (Å²) in [5, 5.41) is 15.0. The fraction of sp³-hybridized carbons (Fsp3) is 0.571. The molecule has 2 saturated carbocycles. The lowest BCUT2D eigenvalue weighted by Crippen LogP contribution is -2.90. The number of hydrogen-bond acceptors (Lipinski definition) is 1. The Morgan fingerprint density at radius 1 is 1.17 bits per heavy atom. The lowest BCUT2D eigenvalue weighted by atomic mass is 10.1. The van der Waals surface area contributed by atoms with E-state index in [1.54, 1.807) is 6.07 Å². The van der Waals surface area contributed by atoms with E-state index >= 15 is 0 Å². The van der Waals surface area contributed by atoms with Crippen LogP contribution < -0.4 is 10.4 Å². The van der Waals surface area contributed by atoms with Gasteiger partial charge in [0.15, 0.2) is 0 Å². The molecule has 18 heavy (non-hydrogen) atoms. The van der Waals surface area contributed by atoms with Gasteiger partial charge in [-0.2, -0.15) is 0 Å². The second kappa shape index (κ2) is 4.92. The second-order valence-electron chi connectivity index (χ2n) is 5.57. The van der Waals surface area contributed by atoms with Crippen molar-refractivity contribution in [3.63, 3.8) is 0 Å². The topological polar surface area (TPSA) is 39.7 Å². The maximum atomic E-state index is 11.9. The van der Waals surface area contributed by atoms with Gasteiger partial charge in [-0.3, -0.25) is 0 Å². The van der Waals surface area contributed by atoms with Crippen LogP contribution >= 0.6 is 23.2 Å². The van der Waals surface area contributed by atoms with Crippen molar-refractivity contribution < 1.29 is 10.4 Å². The zero-order valence-corrected chi connectivity index (χ0v) is 11.7. The predicted molar refractivity (Wildman–Crippen MR) is 70.8 cm³/mol. The molecule has 3 rings (SSSR count). The molecular formula is C14H17Cl2NO. The van der Waals surface area contributed by atoms with E-state index in [9.17, 15) is 5.11 Å². The number of rotatable bonds is 5. The quantitative estimate of drug-likeness (QED) is 0.886. The Balaban J connectivity index is 1.68. The first-order valence-electron chi connectivity index (χ1n) is 6.63. The highest BCUT2D eigenvalue weighted by Crippen LogP contribution is 2.42. The summed E-state index contributed by atoms with van der Waals surface area (Å²) in [6, 6.07) is 3.99. The van der Waals surface area contributed by atoms with E-state index in [0.717, 1.165) is 17.4 Å². The Morgan fingerprint density at radius 3 is 2.33 bits per heavy atom. The summed E-state index contributed by atoms with van der Waals surface area (Å²) in [7, 11) is 0. The Kier molecular flexibility index (Phi) is 3.44. The van der Waals surface area contributed by atoms with E-state index in [1.165, 1.54) is 31.7 Å². The summed E-state index contributed by atoms with van der Waals surface area (Å²) < 4.78 is 0. The minimum atomic E-state index is -0.0670. The van der Waals surface area contributed by atoms with Crippen LogP contribution in [0.3, 0.4) is 0 Å². The fourth-order valence-electron chi connectivity index (χ4n) is 2.76. The predicted octanol–water partition coefficient (Wildman–Crippen LogP) is 2.32. The molecule has 2 nitrogen and oxygen atoms in total. The number of halogens is 2. The Morgan fingerprint density at radius 2 is 1.78 bits per heavy atom. The molecule has 0 atom stereocenters. The normalized spacial score (nSPS) is 19.5. The van der Waals surface area contributed by atoms with Gasteiger partial charge in [0.05, 0.1) is 6.04 Å². The first-order valence-corrected chi connectivity index (χ1v) is 7.39. The highest BCUT2D eigenvalue weighted by Gasteiger charge is 2.44. The first-order chi connectivity index (χ1) is 8.65. The summed E-state index contributed by atoms with van der Waals surface area (Å²) in [5.74, 6) is 1.69. The second-order valence-corrected chi connectivity index (χ2v) is 6.41. The molecule has 0 amide bonds. The molecule has 0 aliphatic heterocycles. The number of hydrogen-bond donors (Lipinski definition) is 1. The molecule has 0 bridgehead atoms. The SMILES string of the molecule is [O-]c1c(Cl)cc(Cl)cc1C[NH2+]C(C1CC1)C1CC1. The largest absolute Gasteiger partial charge is 0.871 e. The zero-order chi connectivity index (χ0) is 12.7. The van der Waals surface area contributed by atoms with Crippen LogP contribution in [0.15, 0.2) is 12.1 Å². The molecule has 2 aliphatic carbocycles. The average molecular weight is 286 g/mol. The van der Waals surface area contributed by atoms with Crippen molar-refractivity contribution in [1.29, 1.82) is 0 Å². The number of nitrogens with two attached hydrogens (primary N) is 1. The molecule has 0 aromatic heterocycles. The monoisotopic (exact) mass is 285 g/mol. The third-order valence-corrected chi connectivity index (χ3v) is 4.53. The van der Waals surface area contributed by atoms with Crippen molar-refractivity contribution >= 4 is 23.2 Å². The zero-order valence-electron chi connectivity index (χ0n) is 10.2. The van der Waals surface area contributed by atoms with Gasteiger partial charge in [0.1, 0.15) is 6.54 Å². The van der Waals surface area contributed by atoms with Crippen molar-refractivity contribution in [2.45, 2.75) is 38.3 Å². The molecule has 4 heteroatoms. The molecule has 1 aromatic carbocycles. The van der Waals surface area contributed by atoms with Crippen LogP contribution in [0.1, 0.15) is 31.2 Å². The maximum absolute atomic E-state index is 11.9. The average Bonchev–Trinajstić information content (AvgIpc) is 3.16. The fourth-order valence-corrected chi connectivity index (χ4v) is 3.30. The van der Waals surface area contributed by atoms with Crippen molar-refractivity contribution in [2.24, 2.45) is 11.8 Å². The van der Waals surface area contributed by atoms with E-state index in [4.69, 9.17) is 23.2 Å². The Bertz CT molecular complexity index is 443. The minimum absolute atomic E-state index is 0.0670. The van der Waals surface area contributed by atoms with Gasteiger partial charge < -0.3 is 10.4 Å². The highest BCUT2D eigenvalue weighted by molar-refractivity contribution is 6.35. The van der Waals surface area contributed by atoms with E-state index in [-0.39, 0.29) is 10.8 Å². The lowest BCUT2D eigenvalue weighted by Gasteiger charge is -2.19. The van der Waals surface area contributed by atoms with Crippen LogP contribution in [0, 0.1) is 11.8 Å². The van der Waals surface area contributed by atoms with Crippen LogP contribution in [0.2, 0.25) is 10.0 Å². The smallest absolute Gasteiger partial charge is 0.101 e. The lowest BCUT2D eigenvalue weighted by molar-refractivity contribution is -0.711. The van der Waals surface area contributed by atoms with Gasteiger partial charge in [-0.15, -0.1) is 0 Å². The molecule has 2 fully saturated rings. The Labute approximate surface area is 117 Å². The molecule has 98 valence electrons. The molecule has 0 heterocycles. The van der Waals surface area contributed by atoms with Crippen molar-refractivity contribution in [3.05, 3.63) is 27.7 Å². The number of quaternary nitrogens is 1. The van der Waals surface area contributed by atoms with E-state index < -0.39 is 0 Å². The highest BCUT2D eigenvalue weighted by atomic mass is 35.5. The van der Waals surface area contributed by atoms with Crippen molar-refractivity contribution in [2.75, 3.05) is 0 Å². The van der Waals surface area contributed by atoms with Crippen LogP contribution in [0.5, 0.6) is 5.75 Å². The summed E-state index contributed by atoms with van der Waals surface area (Å²) >= 11 is 11.8. The van der Waals surface area contributed by atoms with Crippen LogP contribution in [-0.2, 0) is 6.54 Å². The summed E-state index contributed by atoms with van der Waals surface area (Å²) in [5.41, 5.74) is 0.735. The molecule has 0 unspecified atom stereocenters. The van der Waals surface area contributed by atoms with Crippen molar-refractivity contribution in [3.8, 4) is 5.75 Å². The number of benzene rings is 1. The molecular weight excluding hydrogens is 269 g/mol. The third-order valence-electron chi connectivity index (χ3n) is 4.03. The van der Waals surface area contributed by atoms with Gasteiger partial charge >= 0.3 is 0 Å². The van der Waals surface area contributed by atoms with Gasteiger partial charge in [0.25, 0.3) is 0 Å². The summed E-state index contributed by atoms with van der Waals surface area (Å²) in [6.45, 7) is 0.705. The Hall–Kier alpha value is -0.440. The van der Waals surface area contributed by atoms with Crippen LogP contribution in [0.4, 0.5) is 0 Å². The molecule has 2 N–H and O–H groups in total. The molecule has 0 spiro atoms. The summed E-state index contributed by atoms with van der Waals surface area (Å²) in [4.78, 5) is 0. The van der Waals surface area contributed by atoms with Crippen LogP contribution in [0.25, 0.3) is 0 Å². The first kappa shape index (κ1) is 12.6. The third kappa shape index (κ3) is 2.76. The van der Waals surface area contributed by atoms with E-state index in [0.29, 0.717) is 17.6 Å². The van der Waals surface area contributed by atoms with Gasteiger partial charge in [-0.1, -0.05) is 29.0 Å². The molecule has 0 saturated heterocycles.